The van der Waals surface area contributed by atoms with Crippen LogP contribution >= 0.6 is 0 Å². The van der Waals surface area contributed by atoms with E-state index < -0.39 is 0 Å². The lowest BCUT2D eigenvalue weighted by molar-refractivity contribution is 0.0593. The molecule has 3 rings (SSSR count). The minimum absolute atomic E-state index is 0.832. The zero-order chi connectivity index (χ0) is 12.9. The third-order valence-electron chi connectivity index (χ3n) is 4.58. The van der Waals surface area contributed by atoms with Crippen LogP contribution < -0.4 is 5.32 Å². The van der Waals surface area contributed by atoms with Gasteiger partial charge in [-0.1, -0.05) is 6.42 Å². The minimum Gasteiger partial charge on any atom is -0.312 e. The molecule has 4 nitrogen and oxygen atoms in total. The van der Waals surface area contributed by atoms with Crippen molar-refractivity contribution in [2.45, 2.75) is 44.7 Å². The number of piperidine rings is 2. The maximum absolute atomic E-state index is 4.06. The van der Waals surface area contributed by atoms with Gasteiger partial charge in [0.2, 0.25) is 0 Å². The molecule has 0 radical (unpaired) electrons. The Morgan fingerprint density at radius 2 is 1.95 bits per heavy atom. The largest absolute Gasteiger partial charge is 0.312 e. The molecule has 1 aromatic heterocycles. The van der Waals surface area contributed by atoms with Gasteiger partial charge in [-0.3, -0.25) is 0 Å². The first kappa shape index (κ1) is 13.0. The summed E-state index contributed by atoms with van der Waals surface area (Å²) in [5.74, 6) is 0.832. The summed E-state index contributed by atoms with van der Waals surface area (Å²) in [6.07, 6.45) is 12.4. The second-order valence-corrected chi connectivity index (χ2v) is 5.88. The van der Waals surface area contributed by atoms with Crippen LogP contribution in [0, 0.1) is 5.92 Å². The van der Waals surface area contributed by atoms with E-state index in [2.05, 4.69) is 20.2 Å². The Bertz CT molecular complexity index is 379. The first-order chi connectivity index (χ1) is 9.43. The van der Waals surface area contributed by atoms with Gasteiger partial charge in [0.25, 0.3) is 0 Å². The summed E-state index contributed by atoms with van der Waals surface area (Å²) in [6, 6.07) is 0.835. The predicted molar refractivity (Wildman–Crippen MR) is 75.7 cm³/mol. The summed E-state index contributed by atoms with van der Waals surface area (Å²) in [4.78, 5) is 10.8. The van der Waals surface area contributed by atoms with Gasteiger partial charge < -0.3 is 10.2 Å². The van der Waals surface area contributed by atoms with Gasteiger partial charge in [0.1, 0.15) is 6.33 Å². The highest BCUT2D eigenvalue weighted by Gasteiger charge is 2.32. The predicted octanol–water partition coefficient (Wildman–Crippen LogP) is 1.83. The second kappa shape index (κ2) is 6.44. The van der Waals surface area contributed by atoms with Crippen LogP contribution in [0.2, 0.25) is 0 Å². The van der Waals surface area contributed by atoms with E-state index in [9.17, 15) is 0 Å². The number of fused-ring (bicyclic) bond motifs is 1. The van der Waals surface area contributed by atoms with Crippen molar-refractivity contribution in [2.75, 3.05) is 19.6 Å². The fourth-order valence-corrected chi connectivity index (χ4v) is 3.64. The number of nitrogens with one attached hydrogen (secondary N) is 1. The fraction of sp³-hybridized carbons (Fsp3) is 0.733. The van der Waals surface area contributed by atoms with Gasteiger partial charge in [0.15, 0.2) is 0 Å². The van der Waals surface area contributed by atoms with Crippen LogP contribution in [0.5, 0.6) is 0 Å². The molecule has 19 heavy (non-hydrogen) atoms. The van der Waals surface area contributed by atoms with Crippen molar-refractivity contribution in [3.63, 3.8) is 0 Å². The topological polar surface area (TPSA) is 41.1 Å². The molecule has 2 atom stereocenters. The smallest absolute Gasteiger partial charge is 0.115 e. The van der Waals surface area contributed by atoms with Gasteiger partial charge in [-0.25, -0.2) is 9.97 Å². The maximum atomic E-state index is 4.06. The Morgan fingerprint density at radius 1 is 1.11 bits per heavy atom. The molecule has 2 aliphatic rings. The van der Waals surface area contributed by atoms with E-state index in [0.717, 1.165) is 25.0 Å². The SMILES string of the molecule is c1ncc(CNC[C@@H]2CCCN3CCCC[C@H]23)cn1. The number of rotatable bonds is 4. The average Bonchev–Trinajstić information content (AvgIpc) is 2.49. The molecule has 3 heterocycles. The zero-order valence-corrected chi connectivity index (χ0v) is 11.6. The van der Waals surface area contributed by atoms with Gasteiger partial charge in [-0.15, -0.1) is 0 Å². The van der Waals surface area contributed by atoms with Crippen molar-refractivity contribution in [1.29, 1.82) is 0 Å². The van der Waals surface area contributed by atoms with Gasteiger partial charge >= 0.3 is 0 Å². The molecule has 0 aliphatic carbocycles. The summed E-state index contributed by atoms with van der Waals surface area (Å²) in [5, 5.41) is 3.60. The third kappa shape index (κ3) is 3.31. The van der Waals surface area contributed by atoms with E-state index in [-0.39, 0.29) is 0 Å². The van der Waals surface area contributed by atoms with Crippen LogP contribution in [0.25, 0.3) is 0 Å². The summed E-state index contributed by atoms with van der Waals surface area (Å²) < 4.78 is 0. The lowest BCUT2D eigenvalue weighted by atomic mass is 9.83. The fourth-order valence-electron chi connectivity index (χ4n) is 3.64. The Labute approximate surface area is 115 Å². The van der Waals surface area contributed by atoms with E-state index in [0.29, 0.717) is 0 Å². The van der Waals surface area contributed by atoms with E-state index in [1.54, 1.807) is 6.33 Å². The van der Waals surface area contributed by atoms with Crippen LogP contribution in [0.1, 0.15) is 37.7 Å². The first-order valence-electron chi connectivity index (χ1n) is 7.62. The summed E-state index contributed by atoms with van der Waals surface area (Å²) in [7, 11) is 0. The summed E-state index contributed by atoms with van der Waals surface area (Å²) in [6.45, 7) is 4.68. The molecule has 0 amide bonds. The van der Waals surface area contributed by atoms with Crippen LogP contribution in [-0.2, 0) is 6.54 Å². The third-order valence-corrected chi connectivity index (χ3v) is 4.58. The molecule has 1 aromatic rings. The van der Waals surface area contributed by atoms with Crippen molar-refractivity contribution in [2.24, 2.45) is 5.92 Å². The minimum atomic E-state index is 0.832. The zero-order valence-electron chi connectivity index (χ0n) is 11.6. The highest BCUT2D eigenvalue weighted by molar-refractivity contribution is 5.01. The molecule has 1 N–H and O–H groups in total. The van der Waals surface area contributed by atoms with Crippen molar-refractivity contribution in [1.82, 2.24) is 20.2 Å². The van der Waals surface area contributed by atoms with Crippen molar-refractivity contribution < 1.29 is 0 Å². The standard InChI is InChI=1S/C15H24N4/c1-2-6-19-7-3-4-14(15(19)5-1)11-16-8-13-9-17-12-18-10-13/h9-10,12,14-16H,1-8,11H2/t14-,15+/m0/s1. The number of hydrogen-bond donors (Lipinski definition) is 1. The van der Waals surface area contributed by atoms with E-state index in [1.165, 1.54) is 50.8 Å². The van der Waals surface area contributed by atoms with E-state index >= 15 is 0 Å². The monoisotopic (exact) mass is 260 g/mol. The molecule has 2 saturated heterocycles. The molecular weight excluding hydrogens is 236 g/mol. The van der Waals surface area contributed by atoms with Crippen LogP contribution in [-0.4, -0.2) is 40.5 Å². The maximum Gasteiger partial charge on any atom is 0.115 e. The molecule has 0 unspecified atom stereocenters. The van der Waals surface area contributed by atoms with Gasteiger partial charge in [-0.2, -0.15) is 0 Å². The Hall–Kier alpha value is -1.00. The van der Waals surface area contributed by atoms with Crippen molar-refractivity contribution in [3.05, 3.63) is 24.3 Å². The van der Waals surface area contributed by atoms with Crippen molar-refractivity contribution >= 4 is 0 Å². The molecule has 0 saturated carbocycles. The van der Waals surface area contributed by atoms with Gasteiger partial charge in [0.05, 0.1) is 0 Å². The highest BCUT2D eigenvalue weighted by atomic mass is 15.2. The van der Waals surface area contributed by atoms with Crippen molar-refractivity contribution in [3.8, 4) is 0 Å². The van der Waals surface area contributed by atoms with Gasteiger partial charge in [-0.05, 0) is 51.2 Å². The first-order valence-corrected chi connectivity index (χ1v) is 7.62. The Morgan fingerprint density at radius 3 is 2.84 bits per heavy atom. The van der Waals surface area contributed by atoms with Crippen LogP contribution in [0.3, 0.4) is 0 Å². The molecule has 0 spiro atoms. The molecule has 104 valence electrons. The molecular formula is C15H24N4. The molecule has 4 heteroatoms. The van der Waals surface area contributed by atoms with E-state index in [1.807, 2.05) is 12.4 Å². The quantitative estimate of drug-likeness (QED) is 0.897. The number of aromatic nitrogens is 2. The normalized spacial score (nSPS) is 28.0. The second-order valence-electron chi connectivity index (χ2n) is 5.88. The number of hydrogen-bond acceptors (Lipinski definition) is 4. The lowest BCUT2D eigenvalue weighted by Gasteiger charge is -2.44. The number of nitrogens with zero attached hydrogens (tertiary/aromatic N) is 3. The molecule has 0 aromatic carbocycles. The van der Waals surface area contributed by atoms with Crippen LogP contribution in [0.15, 0.2) is 18.7 Å². The lowest BCUT2D eigenvalue weighted by Crippen LogP contribution is -2.50. The summed E-state index contributed by atoms with van der Waals surface area (Å²) >= 11 is 0. The van der Waals surface area contributed by atoms with Crippen LogP contribution in [0.4, 0.5) is 0 Å². The van der Waals surface area contributed by atoms with E-state index in [4.69, 9.17) is 0 Å². The molecule has 0 bridgehead atoms. The van der Waals surface area contributed by atoms with Gasteiger partial charge in [0, 0.05) is 30.5 Å². The summed E-state index contributed by atoms with van der Waals surface area (Å²) in [5.41, 5.74) is 1.18. The average molecular weight is 260 g/mol. The molecule has 2 aliphatic heterocycles. The molecule has 2 fully saturated rings. The Balaban J connectivity index is 1.49. The highest BCUT2D eigenvalue weighted by Crippen LogP contribution is 2.30. The Kier molecular flexibility index (Phi) is 4.41.